The minimum atomic E-state index is -1.66. The Balaban J connectivity index is 2.01. The molecule has 0 saturated heterocycles. The molecule has 1 aliphatic rings. The van der Waals surface area contributed by atoms with Crippen LogP contribution in [0.5, 0.6) is 0 Å². The van der Waals surface area contributed by atoms with Gasteiger partial charge < -0.3 is 9.16 Å². The summed E-state index contributed by atoms with van der Waals surface area (Å²) in [5.74, 6) is 0. The maximum Gasteiger partial charge on any atom is 0.225 e. The monoisotopic (exact) mass is 286 g/mol. The summed E-state index contributed by atoms with van der Waals surface area (Å²) in [7, 11) is -1.66. The van der Waals surface area contributed by atoms with Crippen LogP contribution in [0.25, 0.3) is 0 Å². The lowest BCUT2D eigenvalue weighted by molar-refractivity contribution is -0.739. The van der Waals surface area contributed by atoms with Crippen LogP contribution < -0.4 is 4.57 Å². The molecule has 0 bridgehead atoms. The third kappa shape index (κ3) is 2.84. The molecule has 0 aromatic carbocycles. The molecule has 0 aliphatic carbocycles. The molecule has 1 aliphatic heterocycles. The Morgan fingerprint density at radius 1 is 1.50 bits per heavy atom. The molecule has 1 aromatic rings. The quantitative estimate of drug-likeness (QED) is 0.629. The van der Waals surface area contributed by atoms with Crippen LogP contribution >= 0.6 is 11.3 Å². The van der Waals surface area contributed by atoms with E-state index in [1.807, 2.05) is 0 Å². The smallest absolute Gasteiger partial charge is 0.225 e. The molecule has 2 heterocycles. The van der Waals surface area contributed by atoms with Crippen LogP contribution in [0.1, 0.15) is 32.5 Å². The van der Waals surface area contributed by atoms with E-state index >= 15 is 0 Å². The molecule has 102 valence electrons. The number of nitrogens with zero attached hydrogens (tertiary/aromatic N) is 1. The highest BCUT2D eigenvalue weighted by Crippen LogP contribution is 2.36. The van der Waals surface area contributed by atoms with Crippen LogP contribution in [-0.4, -0.2) is 21.5 Å². The molecule has 5 heteroatoms. The normalized spacial score (nSPS) is 20.8. The molecule has 18 heavy (non-hydrogen) atoms. The van der Waals surface area contributed by atoms with Gasteiger partial charge in [0.25, 0.3) is 0 Å². The standard InChI is InChI=1S/C13H24NO2SSi/c1-13(2,3)18(4,5)16-8-11-6-15-7-12-9-17-10-14(11)12/h9-11H,6-8H2,1-5H3/q+1/t11-/m1/s1. The molecular formula is C13H24NO2SSi+. The first-order chi connectivity index (χ1) is 8.31. The van der Waals surface area contributed by atoms with E-state index in [4.69, 9.17) is 9.16 Å². The van der Waals surface area contributed by atoms with Crippen molar-refractivity contribution in [3.8, 4) is 0 Å². The van der Waals surface area contributed by atoms with Crippen LogP contribution in [0.3, 0.4) is 0 Å². The van der Waals surface area contributed by atoms with Crippen LogP contribution in [0.4, 0.5) is 0 Å². The second-order valence-electron chi connectivity index (χ2n) is 6.50. The average molecular weight is 286 g/mol. The van der Waals surface area contributed by atoms with Crippen molar-refractivity contribution in [3.05, 3.63) is 16.6 Å². The zero-order chi connectivity index (χ0) is 13.4. The summed E-state index contributed by atoms with van der Waals surface area (Å²) in [5, 5.41) is 2.43. The summed E-state index contributed by atoms with van der Waals surface area (Å²) in [6.45, 7) is 13.7. The third-order valence-electron chi connectivity index (χ3n) is 4.11. The number of fused-ring (bicyclic) bond motifs is 1. The number of aromatic nitrogens is 1. The van der Waals surface area contributed by atoms with Gasteiger partial charge in [0.05, 0.1) is 12.0 Å². The van der Waals surface area contributed by atoms with Gasteiger partial charge >= 0.3 is 0 Å². The maximum absolute atomic E-state index is 6.30. The fourth-order valence-electron chi connectivity index (χ4n) is 1.76. The summed E-state index contributed by atoms with van der Waals surface area (Å²) >= 11 is 1.74. The lowest BCUT2D eigenvalue weighted by Crippen LogP contribution is -2.51. The van der Waals surface area contributed by atoms with Crippen molar-refractivity contribution < 1.29 is 13.7 Å². The number of hydrogen-bond acceptors (Lipinski definition) is 3. The SMILES string of the molecule is CC(C)(C)[Si](C)(C)OC[C@H]1COCc2csc[n+]21. The molecule has 0 amide bonds. The minimum absolute atomic E-state index is 0.269. The van der Waals surface area contributed by atoms with Crippen LogP contribution in [0.2, 0.25) is 18.1 Å². The Morgan fingerprint density at radius 2 is 2.22 bits per heavy atom. The highest BCUT2D eigenvalue weighted by atomic mass is 32.1. The van der Waals surface area contributed by atoms with E-state index in [0.29, 0.717) is 6.04 Å². The van der Waals surface area contributed by atoms with Gasteiger partial charge in [-0.25, -0.2) is 0 Å². The van der Waals surface area contributed by atoms with Gasteiger partial charge in [-0.2, -0.15) is 4.57 Å². The van der Waals surface area contributed by atoms with Gasteiger partial charge in [0, 0.05) is 0 Å². The largest absolute Gasteiger partial charge is 0.410 e. The molecular weight excluding hydrogens is 262 g/mol. The second kappa shape index (κ2) is 5.04. The Hall–Kier alpha value is -0.233. The van der Waals surface area contributed by atoms with Gasteiger partial charge in [0.2, 0.25) is 17.2 Å². The summed E-state index contributed by atoms with van der Waals surface area (Å²) < 4.78 is 14.3. The van der Waals surface area contributed by atoms with Gasteiger partial charge in [-0.3, -0.25) is 0 Å². The molecule has 0 saturated carbocycles. The zero-order valence-corrected chi connectivity index (χ0v) is 13.8. The highest BCUT2D eigenvalue weighted by Gasteiger charge is 2.39. The molecule has 0 radical (unpaired) electrons. The van der Waals surface area contributed by atoms with E-state index in [1.54, 1.807) is 11.3 Å². The van der Waals surface area contributed by atoms with E-state index in [2.05, 4.69) is 49.3 Å². The molecule has 1 aromatic heterocycles. The molecule has 1 atom stereocenters. The fraction of sp³-hybridized carbons (Fsp3) is 0.769. The lowest BCUT2D eigenvalue weighted by Gasteiger charge is -2.36. The summed E-state index contributed by atoms with van der Waals surface area (Å²) in [6.07, 6.45) is 0. The van der Waals surface area contributed by atoms with E-state index in [0.717, 1.165) is 19.8 Å². The first-order valence-electron chi connectivity index (χ1n) is 6.49. The van der Waals surface area contributed by atoms with E-state index in [1.165, 1.54) is 5.69 Å². The number of ether oxygens (including phenoxy) is 1. The lowest BCUT2D eigenvalue weighted by atomic mass is 10.2. The Morgan fingerprint density at radius 3 is 2.89 bits per heavy atom. The number of hydrogen-bond donors (Lipinski definition) is 0. The summed E-state index contributed by atoms with van der Waals surface area (Å²) in [5.41, 5.74) is 3.45. The minimum Gasteiger partial charge on any atom is -0.410 e. The van der Waals surface area contributed by atoms with Crippen LogP contribution in [0, 0.1) is 0 Å². The Labute approximate surface area is 115 Å². The first kappa shape index (κ1) is 14.2. The molecule has 0 N–H and O–H groups in total. The average Bonchev–Trinajstić information content (AvgIpc) is 2.73. The molecule has 3 nitrogen and oxygen atoms in total. The van der Waals surface area contributed by atoms with E-state index in [9.17, 15) is 0 Å². The fourth-order valence-corrected chi connectivity index (χ4v) is 3.65. The third-order valence-corrected chi connectivity index (χ3v) is 9.36. The Bertz CT molecular complexity index is 411. The van der Waals surface area contributed by atoms with Crippen molar-refractivity contribution >= 4 is 19.7 Å². The molecule has 0 spiro atoms. The van der Waals surface area contributed by atoms with Crippen molar-refractivity contribution in [3.63, 3.8) is 0 Å². The molecule has 2 rings (SSSR count). The van der Waals surface area contributed by atoms with Gasteiger partial charge in [0.15, 0.2) is 8.32 Å². The summed E-state index contributed by atoms with van der Waals surface area (Å²) in [6, 6.07) is 0.342. The van der Waals surface area contributed by atoms with Gasteiger partial charge in [-0.15, -0.1) is 0 Å². The molecule has 0 unspecified atom stereocenters. The van der Waals surface area contributed by atoms with Crippen LogP contribution in [0.15, 0.2) is 10.9 Å². The topological polar surface area (TPSA) is 22.3 Å². The van der Waals surface area contributed by atoms with Crippen molar-refractivity contribution in [2.75, 3.05) is 13.2 Å². The number of rotatable bonds is 3. The van der Waals surface area contributed by atoms with Crippen molar-refractivity contribution in [1.29, 1.82) is 0 Å². The molecule has 0 fully saturated rings. The van der Waals surface area contributed by atoms with Gasteiger partial charge in [0.1, 0.15) is 13.2 Å². The Kier molecular flexibility index (Phi) is 3.97. The van der Waals surface area contributed by atoms with Crippen molar-refractivity contribution in [2.24, 2.45) is 0 Å². The van der Waals surface area contributed by atoms with Crippen molar-refractivity contribution in [1.82, 2.24) is 0 Å². The first-order valence-corrected chi connectivity index (χ1v) is 10.3. The maximum atomic E-state index is 6.30. The van der Waals surface area contributed by atoms with Gasteiger partial charge in [-0.1, -0.05) is 32.1 Å². The second-order valence-corrected chi connectivity index (χ2v) is 12.0. The van der Waals surface area contributed by atoms with E-state index < -0.39 is 8.32 Å². The van der Waals surface area contributed by atoms with Crippen molar-refractivity contribution in [2.45, 2.75) is 51.6 Å². The highest BCUT2D eigenvalue weighted by molar-refractivity contribution is 7.07. The summed E-state index contributed by atoms with van der Waals surface area (Å²) in [4.78, 5) is 0. The number of thiazole rings is 1. The van der Waals surface area contributed by atoms with Crippen LogP contribution in [-0.2, 0) is 15.8 Å². The van der Waals surface area contributed by atoms with E-state index in [-0.39, 0.29) is 5.04 Å². The predicted molar refractivity (Wildman–Crippen MR) is 76.4 cm³/mol. The zero-order valence-electron chi connectivity index (χ0n) is 12.0. The predicted octanol–water partition coefficient (Wildman–Crippen LogP) is 3.13. The van der Waals surface area contributed by atoms with Gasteiger partial charge in [-0.05, 0) is 18.1 Å².